The van der Waals surface area contributed by atoms with Crippen LogP contribution in [0.4, 0.5) is 4.39 Å². The predicted octanol–water partition coefficient (Wildman–Crippen LogP) is 4.89. The minimum absolute atomic E-state index is 0.00560. The number of carbonyl (C=O) groups is 1. The Kier molecular flexibility index (Phi) is 7.05. The summed E-state index contributed by atoms with van der Waals surface area (Å²) in [6, 6.07) is 6.25. The van der Waals surface area contributed by atoms with E-state index in [0.717, 1.165) is 40.5 Å². The summed E-state index contributed by atoms with van der Waals surface area (Å²) in [5.41, 5.74) is 1.45. The van der Waals surface area contributed by atoms with Crippen molar-refractivity contribution in [3.8, 4) is 11.3 Å². The minimum atomic E-state index is -0.321. The van der Waals surface area contributed by atoms with Crippen LogP contribution in [0.3, 0.4) is 0 Å². The fourth-order valence-electron chi connectivity index (χ4n) is 4.13. The molecule has 1 aliphatic rings. The van der Waals surface area contributed by atoms with Crippen molar-refractivity contribution >= 4 is 17.2 Å². The zero-order chi connectivity index (χ0) is 20.1. The third kappa shape index (κ3) is 5.10. The van der Waals surface area contributed by atoms with Gasteiger partial charge in [-0.2, -0.15) is 0 Å². The third-order valence-electron chi connectivity index (χ3n) is 5.66. The number of rotatable bonds is 7. The molecule has 0 radical (unpaired) electrons. The van der Waals surface area contributed by atoms with E-state index in [2.05, 4.69) is 12.2 Å². The second kappa shape index (κ2) is 9.50. The average Bonchev–Trinajstić information content (AvgIpc) is 2.95. The third-order valence-corrected chi connectivity index (χ3v) is 6.56. The summed E-state index contributed by atoms with van der Waals surface area (Å²) in [7, 11) is 0. The zero-order valence-electron chi connectivity index (χ0n) is 16.7. The van der Waals surface area contributed by atoms with Gasteiger partial charge >= 0.3 is 4.87 Å². The first-order valence-electron chi connectivity index (χ1n) is 10.2. The monoisotopic (exact) mass is 404 g/mol. The van der Waals surface area contributed by atoms with Crippen LogP contribution in [-0.4, -0.2) is 16.5 Å². The maximum Gasteiger partial charge on any atom is 0.308 e. The molecule has 1 saturated carbocycles. The van der Waals surface area contributed by atoms with Crippen LogP contribution < -0.4 is 10.2 Å². The van der Waals surface area contributed by atoms with E-state index in [9.17, 15) is 14.0 Å². The van der Waals surface area contributed by atoms with Crippen LogP contribution in [-0.2, 0) is 11.3 Å². The highest BCUT2D eigenvalue weighted by atomic mass is 32.1. The largest absolute Gasteiger partial charge is 0.352 e. The van der Waals surface area contributed by atoms with E-state index < -0.39 is 0 Å². The summed E-state index contributed by atoms with van der Waals surface area (Å²) in [4.78, 5) is 25.7. The van der Waals surface area contributed by atoms with Crippen LogP contribution in [0.5, 0.6) is 0 Å². The number of hydrogen-bond acceptors (Lipinski definition) is 3. The van der Waals surface area contributed by atoms with Crippen molar-refractivity contribution in [3.63, 3.8) is 0 Å². The van der Waals surface area contributed by atoms with Crippen molar-refractivity contribution in [1.82, 2.24) is 9.88 Å². The summed E-state index contributed by atoms with van der Waals surface area (Å²) in [6.45, 7) is 4.09. The number of halogens is 1. The first-order chi connectivity index (χ1) is 13.5. The number of aromatic nitrogens is 1. The highest BCUT2D eigenvalue weighted by Crippen LogP contribution is 2.29. The Labute approximate surface area is 169 Å². The lowest BCUT2D eigenvalue weighted by atomic mass is 9.83. The first-order valence-corrected chi connectivity index (χ1v) is 11.0. The summed E-state index contributed by atoms with van der Waals surface area (Å²) >= 11 is 1.12. The van der Waals surface area contributed by atoms with Gasteiger partial charge in [-0.05, 0) is 68.4 Å². The summed E-state index contributed by atoms with van der Waals surface area (Å²) in [5, 5.41) is 3.11. The summed E-state index contributed by atoms with van der Waals surface area (Å²) < 4.78 is 14.8. The Morgan fingerprint density at radius 1 is 1.21 bits per heavy atom. The molecule has 1 aromatic heterocycles. The van der Waals surface area contributed by atoms with Crippen LogP contribution in [0, 0.1) is 18.7 Å². The van der Waals surface area contributed by atoms with Crippen molar-refractivity contribution in [2.75, 3.05) is 0 Å². The molecule has 1 heterocycles. The van der Waals surface area contributed by atoms with Crippen LogP contribution in [0.15, 0.2) is 29.1 Å². The number of hydrogen-bond donors (Lipinski definition) is 1. The van der Waals surface area contributed by atoms with E-state index in [1.807, 2.05) is 6.92 Å². The van der Waals surface area contributed by atoms with Gasteiger partial charge in [-0.25, -0.2) is 4.39 Å². The van der Waals surface area contributed by atoms with Gasteiger partial charge in [0.15, 0.2) is 0 Å². The molecule has 0 unspecified atom stereocenters. The number of unbranched alkanes of at least 4 members (excludes halogenated alkanes) is 1. The van der Waals surface area contributed by atoms with Crippen molar-refractivity contribution in [2.24, 2.45) is 5.92 Å². The van der Waals surface area contributed by atoms with Crippen molar-refractivity contribution in [3.05, 3.63) is 44.6 Å². The summed E-state index contributed by atoms with van der Waals surface area (Å²) in [5.74, 6) is 0.346. The highest BCUT2D eigenvalue weighted by molar-refractivity contribution is 7.09. The van der Waals surface area contributed by atoms with Crippen LogP contribution in [0.25, 0.3) is 11.3 Å². The fraction of sp³-hybridized carbons (Fsp3) is 0.545. The molecule has 1 aliphatic carbocycles. The lowest BCUT2D eigenvalue weighted by Crippen LogP contribution is -2.40. The molecular weight excluding hydrogens is 375 g/mol. The molecule has 1 fully saturated rings. The van der Waals surface area contributed by atoms with Crippen molar-refractivity contribution in [2.45, 2.75) is 71.4 Å². The molecule has 1 amide bonds. The Bertz CT molecular complexity index is 848. The zero-order valence-corrected chi connectivity index (χ0v) is 17.5. The van der Waals surface area contributed by atoms with Crippen LogP contribution in [0.1, 0.15) is 56.7 Å². The van der Waals surface area contributed by atoms with E-state index >= 15 is 0 Å². The first kappa shape index (κ1) is 20.8. The normalized spacial score (nSPS) is 19.5. The second-order valence-electron chi connectivity index (χ2n) is 7.79. The van der Waals surface area contributed by atoms with Gasteiger partial charge in [0.25, 0.3) is 0 Å². The van der Waals surface area contributed by atoms with Gasteiger partial charge < -0.3 is 5.32 Å². The van der Waals surface area contributed by atoms with Gasteiger partial charge in [0.2, 0.25) is 5.91 Å². The molecule has 28 heavy (non-hydrogen) atoms. The minimum Gasteiger partial charge on any atom is -0.352 e. The molecule has 1 aromatic carbocycles. The second-order valence-corrected chi connectivity index (χ2v) is 8.96. The number of aryl methyl sites for hydroxylation is 1. The fourth-order valence-corrected chi connectivity index (χ4v) is 4.98. The lowest BCUT2D eigenvalue weighted by molar-refractivity contribution is -0.122. The molecule has 3 rings (SSSR count). The van der Waals surface area contributed by atoms with Gasteiger partial charge in [0, 0.05) is 10.9 Å². The SMILES string of the molecule is CCCCC1CCC(NC(=O)Cn2c(-c3ccc(F)cc3)c(C)sc2=O)CC1. The van der Waals surface area contributed by atoms with Gasteiger partial charge in [0.05, 0.1) is 5.69 Å². The number of nitrogens with zero attached hydrogens (tertiary/aromatic N) is 1. The van der Waals surface area contributed by atoms with Crippen molar-refractivity contribution < 1.29 is 9.18 Å². The summed E-state index contributed by atoms with van der Waals surface area (Å²) in [6.07, 6.45) is 8.19. The average molecular weight is 405 g/mol. The Balaban J connectivity index is 1.63. The number of amides is 1. The lowest BCUT2D eigenvalue weighted by Gasteiger charge is -2.29. The van der Waals surface area contributed by atoms with E-state index in [1.165, 1.54) is 48.8 Å². The van der Waals surface area contributed by atoms with E-state index in [4.69, 9.17) is 0 Å². The quantitative estimate of drug-likeness (QED) is 0.714. The molecule has 6 heteroatoms. The van der Waals surface area contributed by atoms with Crippen LogP contribution >= 0.6 is 11.3 Å². The topological polar surface area (TPSA) is 51.1 Å². The highest BCUT2D eigenvalue weighted by Gasteiger charge is 2.23. The van der Waals surface area contributed by atoms with E-state index in [0.29, 0.717) is 5.69 Å². The molecule has 0 spiro atoms. The van der Waals surface area contributed by atoms with Crippen LogP contribution in [0.2, 0.25) is 0 Å². The molecule has 1 N–H and O–H groups in total. The smallest absolute Gasteiger partial charge is 0.308 e. The molecule has 152 valence electrons. The van der Waals surface area contributed by atoms with Gasteiger partial charge in [-0.1, -0.05) is 37.5 Å². The van der Waals surface area contributed by atoms with Gasteiger partial charge in [0.1, 0.15) is 12.4 Å². The van der Waals surface area contributed by atoms with Crippen molar-refractivity contribution in [1.29, 1.82) is 0 Å². The maximum atomic E-state index is 13.2. The number of nitrogens with one attached hydrogen (secondary N) is 1. The Morgan fingerprint density at radius 2 is 1.89 bits per heavy atom. The maximum absolute atomic E-state index is 13.2. The standard InChI is InChI=1S/C22H29FN2O2S/c1-3-4-5-16-6-12-19(13-7-16)24-20(26)14-25-21(15(2)28-22(25)27)17-8-10-18(23)11-9-17/h8-11,16,19H,3-7,12-14H2,1-2H3,(H,24,26). The predicted molar refractivity (Wildman–Crippen MR) is 112 cm³/mol. The molecular formula is C22H29FN2O2S. The Morgan fingerprint density at radius 3 is 2.54 bits per heavy atom. The molecule has 0 bridgehead atoms. The number of benzene rings is 1. The van der Waals surface area contributed by atoms with Gasteiger partial charge in [-0.3, -0.25) is 14.2 Å². The molecule has 2 aromatic rings. The molecule has 0 atom stereocenters. The van der Waals surface area contributed by atoms with E-state index in [-0.39, 0.29) is 29.2 Å². The Hall–Kier alpha value is -1.95. The molecule has 0 saturated heterocycles. The molecule has 0 aliphatic heterocycles. The molecule has 4 nitrogen and oxygen atoms in total. The van der Waals surface area contributed by atoms with E-state index in [1.54, 1.807) is 12.1 Å². The number of thiazole rings is 1. The number of carbonyl (C=O) groups excluding carboxylic acids is 1. The van der Waals surface area contributed by atoms with Gasteiger partial charge in [-0.15, -0.1) is 0 Å².